The van der Waals surface area contributed by atoms with Crippen molar-refractivity contribution in [3.63, 3.8) is 0 Å². The molecule has 1 fully saturated rings. The summed E-state index contributed by atoms with van der Waals surface area (Å²) in [6, 6.07) is 0.0833. The van der Waals surface area contributed by atoms with Gasteiger partial charge in [0.05, 0.1) is 6.04 Å². The maximum Gasteiger partial charge on any atom is 0.316 e. The monoisotopic (exact) mass is 288 g/mol. The van der Waals surface area contributed by atoms with E-state index in [9.17, 15) is 4.79 Å². The predicted molar refractivity (Wildman–Crippen MR) is 77.7 cm³/mol. The SMILES string of the molecule is CCC(C)(N=NC1CCCCC1)NC(=O)NCCCl. The molecule has 0 aliphatic heterocycles. The molecule has 110 valence electrons. The summed E-state index contributed by atoms with van der Waals surface area (Å²) in [5.74, 6) is 0.403. The molecule has 0 heterocycles. The number of rotatable bonds is 6. The lowest BCUT2D eigenvalue weighted by Crippen LogP contribution is -2.49. The molecule has 0 aromatic rings. The number of nitrogens with zero attached hydrogens (tertiary/aromatic N) is 2. The summed E-state index contributed by atoms with van der Waals surface area (Å²) in [7, 11) is 0. The molecule has 0 spiro atoms. The van der Waals surface area contributed by atoms with Gasteiger partial charge in [-0.05, 0) is 26.2 Å². The lowest BCUT2D eigenvalue weighted by molar-refractivity contribution is 0.225. The van der Waals surface area contributed by atoms with E-state index < -0.39 is 5.66 Å². The zero-order chi connectivity index (χ0) is 14.1. The number of carbonyl (C=O) groups is 1. The van der Waals surface area contributed by atoms with Gasteiger partial charge in [-0.2, -0.15) is 10.2 Å². The van der Waals surface area contributed by atoms with Gasteiger partial charge in [0.1, 0.15) is 0 Å². The first-order chi connectivity index (χ1) is 9.09. The van der Waals surface area contributed by atoms with Gasteiger partial charge in [0.15, 0.2) is 5.66 Å². The number of azo groups is 1. The molecule has 2 amide bonds. The Morgan fingerprint density at radius 2 is 2.05 bits per heavy atom. The average molecular weight is 289 g/mol. The fraction of sp³-hybridized carbons (Fsp3) is 0.923. The van der Waals surface area contributed by atoms with Crippen LogP contribution in [0.3, 0.4) is 0 Å². The molecular formula is C13H25ClN4O. The van der Waals surface area contributed by atoms with E-state index in [4.69, 9.17) is 11.6 Å². The van der Waals surface area contributed by atoms with Crippen LogP contribution in [0.5, 0.6) is 0 Å². The molecule has 0 radical (unpaired) electrons. The Balaban J connectivity index is 2.48. The number of urea groups is 1. The van der Waals surface area contributed by atoms with Crippen LogP contribution < -0.4 is 10.6 Å². The molecule has 1 rings (SSSR count). The lowest BCUT2D eigenvalue weighted by Gasteiger charge is -2.25. The Morgan fingerprint density at radius 1 is 1.37 bits per heavy atom. The van der Waals surface area contributed by atoms with Gasteiger partial charge in [-0.25, -0.2) is 4.79 Å². The summed E-state index contributed by atoms with van der Waals surface area (Å²) in [5, 5.41) is 14.3. The lowest BCUT2D eigenvalue weighted by atomic mass is 9.96. The summed E-state index contributed by atoms with van der Waals surface area (Å²) in [4.78, 5) is 11.6. The van der Waals surface area contributed by atoms with E-state index in [-0.39, 0.29) is 6.03 Å². The zero-order valence-corrected chi connectivity index (χ0v) is 12.7. The molecular weight excluding hydrogens is 264 g/mol. The minimum absolute atomic E-state index is 0.243. The molecule has 1 aliphatic rings. The van der Waals surface area contributed by atoms with Gasteiger partial charge in [0.25, 0.3) is 0 Å². The van der Waals surface area contributed by atoms with Crippen LogP contribution in [-0.2, 0) is 0 Å². The number of hydrogen-bond donors (Lipinski definition) is 2. The molecule has 5 nitrogen and oxygen atoms in total. The second kappa shape index (κ2) is 8.35. The van der Waals surface area contributed by atoms with Crippen molar-refractivity contribution in [2.75, 3.05) is 12.4 Å². The Morgan fingerprint density at radius 3 is 2.63 bits per heavy atom. The van der Waals surface area contributed by atoms with Gasteiger partial charge >= 0.3 is 6.03 Å². The number of nitrogens with one attached hydrogen (secondary N) is 2. The quantitative estimate of drug-likeness (QED) is 0.571. The van der Waals surface area contributed by atoms with Gasteiger partial charge in [-0.3, -0.25) is 0 Å². The van der Waals surface area contributed by atoms with Gasteiger partial charge in [0.2, 0.25) is 0 Å². The van der Waals surface area contributed by atoms with Crippen molar-refractivity contribution >= 4 is 17.6 Å². The van der Waals surface area contributed by atoms with E-state index in [1.54, 1.807) is 0 Å². The molecule has 0 bridgehead atoms. The first-order valence-electron chi connectivity index (χ1n) is 7.13. The highest BCUT2D eigenvalue weighted by Crippen LogP contribution is 2.22. The van der Waals surface area contributed by atoms with Crippen molar-refractivity contribution in [2.45, 2.75) is 64.1 Å². The maximum absolute atomic E-state index is 11.6. The number of amides is 2. The molecule has 0 aromatic heterocycles. The van der Waals surface area contributed by atoms with Gasteiger partial charge in [0, 0.05) is 12.4 Å². The Hall–Kier alpha value is -0.840. The Labute approximate surface area is 120 Å². The van der Waals surface area contributed by atoms with Crippen LogP contribution in [0.2, 0.25) is 0 Å². The largest absolute Gasteiger partial charge is 0.337 e. The van der Waals surface area contributed by atoms with E-state index in [1.165, 1.54) is 19.3 Å². The van der Waals surface area contributed by atoms with Crippen LogP contribution in [0.15, 0.2) is 10.2 Å². The van der Waals surface area contributed by atoms with Crippen LogP contribution >= 0.6 is 11.6 Å². The van der Waals surface area contributed by atoms with Gasteiger partial charge in [-0.1, -0.05) is 26.2 Å². The number of halogens is 1. The third kappa shape index (κ3) is 6.23. The van der Waals surface area contributed by atoms with Gasteiger partial charge in [-0.15, -0.1) is 11.6 Å². The molecule has 6 heteroatoms. The third-order valence-electron chi connectivity index (χ3n) is 3.47. The maximum atomic E-state index is 11.6. The Bertz CT molecular complexity index is 305. The molecule has 0 saturated heterocycles. The molecule has 2 N–H and O–H groups in total. The summed E-state index contributed by atoms with van der Waals surface area (Å²) in [6.07, 6.45) is 6.70. The van der Waals surface area contributed by atoms with Crippen LogP contribution in [0.1, 0.15) is 52.4 Å². The van der Waals surface area contributed by atoms with Crippen LogP contribution in [0.4, 0.5) is 4.79 Å². The van der Waals surface area contributed by atoms with Crippen molar-refractivity contribution < 1.29 is 4.79 Å². The third-order valence-corrected chi connectivity index (χ3v) is 3.66. The summed E-state index contributed by atoms with van der Waals surface area (Å²) in [6.45, 7) is 4.33. The van der Waals surface area contributed by atoms with E-state index in [0.29, 0.717) is 24.9 Å². The summed E-state index contributed by atoms with van der Waals surface area (Å²) in [5.41, 5.74) is -0.631. The van der Waals surface area contributed by atoms with Crippen molar-refractivity contribution in [2.24, 2.45) is 10.2 Å². The summed E-state index contributed by atoms with van der Waals surface area (Å²) >= 11 is 5.53. The second-order valence-electron chi connectivity index (χ2n) is 5.20. The zero-order valence-electron chi connectivity index (χ0n) is 11.9. The average Bonchev–Trinajstić information content (AvgIpc) is 2.44. The van der Waals surface area contributed by atoms with Crippen LogP contribution in [-0.4, -0.2) is 30.2 Å². The highest BCUT2D eigenvalue weighted by atomic mass is 35.5. The molecule has 1 saturated carbocycles. The molecule has 19 heavy (non-hydrogen) atoms. The molecule has 0 aromatic carbocycles. The minimum Gasteiger partial charge on any atom is -0.337 e. The number of alkyl halides is 1. The van der Waals surface area contributed by atoms with Crippen molar-refractivity contribution in [1.82, 2.24) is 10.6 Å². The van der Waals surface area contributed by atoms with E-state index in [1.807, 2.05) is 13.8 Å². The first kappa shape index (κ1) is 16.2. The van der Waals surface area contributed by atoms with Gasteiger partial charge < -0.3 is 10.6 Å². The van der Waals surface area contributed by atoms with E-state index in [0.717, 1.165) is 12.8 Å². The fourth-order valence-electron chi connectivity index (χ4n) is 2.04. The predicted octanol–water partition coefficient (Wildman–Crippen LogP) is 3.44. The highest BCUT2D eigenvalue weighted by molar-refractivity contribution is 6.18. The molecule has 1 atom stereocenters. The topological polar surface area (TPSA) is 65.8 Å². The van der Waals surface area contributed by atoms with E-state index in [2.05, 4.69) is 20.9 Å². The van der Waals surface area contributed by atoms with Crippen molar-refractivity contribution in [3.8, 4) is 0 Å². The number of hydrogen-bond acceptors (Lipinski definition) is 3. The summed E-state index contributed by atoms with van der Waals surface area (Å²) < 4.78 is 0. The number of carbonyl (C=O) groups excluding carboxylic acids is 1. The van der Waals surface area contributed by atoms with Crippen LogP contribution in [0.25, 0.3) is 0 Å². The second-order valence-corrected chi connectivity index (χ2v) is 5.58. The van der Waals surface area contributed by atoms with Crippen molar-refractivity contribution in [3.05, 3.63) is 0 Å². The fourth-order valence-corrected chi connectivity index (χ4v) is 2.13. The molecule has 1 aliphatic carbocycles. The van der Waals surface area contributed by atoms with Crippen LogP contribution in [0, 0.1) is 0 Å². The molecule has 1 unspecified atom stereocenters. The highest BCUT2D eigenvalue weighted by Gasteiger charge is 2.24. The smallest absolute Gasteiger partial charge is 0.316 e. The standard InChI is InChI=1S/C13H25ClN4O/c1-3-13(2,16-12(19)15-10-9-14)18-17-11-7-5-4-6-8-11/h11H,3-10H2,1-2H3,(H2,15,16,19). The Kier molecular flexibility index (Phi) is 7.13. The first-order valence-corrected chi connectivity index (χ1v) is 7.67. The van der Waals surface area contributed by atoms with E-state index >= 15 is 0 Å². The van der Waals surface area contributed by atoms with Crippen molar-refractivity contribution in [1.29, 1.82) is 0 Å². The minimum atomic E-state index is -0.631. The normalized spacial score (nSPS) is 20.2.